The van der Waals surface area contributed by atoms with Gasteiger partial charge in [0, 0.05) is 29.9 Å². The van der Waals surface area contributed by atoms with Gasteiger partial charge in [-0.2, -0.15) is 5.26 Å². The summed E-state index contributed by atoms with van der Waals surface area (Å²) >= 11 is 0. The smallest absolute Gasteiger partial charge is 0.255 e. The van der Waals surface area contributed by atoms with Gasteiger partial charge in [-0.15, -0.1) is 0 Å². The van der Waals surface area contributed by atoms with Gasteiger partial charge in [-0.3, -0.25) is 9.78 Å². The number of hydrogen-bond donors (Lipinski definition) is 2. The normalized spacial score (nSPS) is 10.3. The Morgan fingerprint density at radius 2 is 1.79 bits per heavy atom. The number of aromatic nitrogens is 2. The quantitative estimate of drug-likeness (QED) is 0.537. The van der Waals surface area contributed by atoms with Gasteiger partial charge in [0.2, 0.25) is 0 Å². The van der Waals surface area contributed by atoms with Crippen molar-refractivity contribution in [2.24, 2.45) is 0 Å². The Morgan fingerprint density at radius 3 is 2.69 bits per heavy atom. The molecule has 0 saturated carbocycles. The van der Waals surface area contributed by atoms with E-state index >= 15 is 0 Å². The molecule has 0 unspecified atom stereocenters. The number of nitrogens with one attached hydrogen (secondary N) is 2. The summed E-state index contributed by atoms with van der Waals surface area (Å²) in [6, 6.07) is 22.3. The fraction of sp³-hybridized carbons (Fsp3) is 0.0435. The molecule has 4 aromatic rings. The summed E-state index contributed by atoms with van der Waals surface area (Å²) in [6.45, 7) is 0.449. The lowest BCUT2D eigenvalue weighted by molar-refractivity contribution is 0.102. The van der Waals surface area contributed by atoms with Gasteiger partial charge in [-0.05, 0) is 54.1 Å². The first-order valence-corrected chi connectivity index (χ1v) is 9.07. The fourth-order valence-electron chi connectivity index (χ4n) is 3.05. The van der Waals surface area contributed by atoms with Gasteiger partial charge in [0.15, 0.2) is 0 Å². The third-order valence-electron chi connectivity index (χ3n) is 4.47. The van der Waals surface area contributed by atoms with Crippen LogP contribution in [0.3, 0.4) is 0 Å². The van der Waals surface area contributed by atoms with Gasteiger partial charge in [0.05, 0.1) is 16.8 Å². The number of fused-ring (bicyclic) bond motifs is 1. The summed E-state index contributed by atoms with van der Waals surface area (Å²) in [6.07, 6.45) is 3.36. The topological polar surface area (TPSA) is 90.7 Å². The molecule has 140 valence electrons. The van der Waals surface area contributed by atoms with Crippen LogP contribution in [0, 0.1) is 11.3 Å². The molecule has 0 aliphatic carbocycles. The molecule has 0 fully saturated rings. The van der Waals surface area contributed by atoms with E-state index in [4.69, 9.17) is 5.26 Å². The van der Waals surface area contributed by atoms with Crippen LogP contribution in [0.15, 0.2) is 79.1 Å². The molecule has 4 rings (SSSR count). The molecule has 6 nitrogen and oxygen atoms in total. The molecule has 29 heavy (non-hydrogen) atoms. The van der Waals surface area contributed by atoms with E-state index in [9.17, 15) is 4.79 Å². The van der Waals surface area contributed by atoms with E-state index in [0.717, 1.165) is 22.2 Å². The number of rotatable bonds is 5. The van der Waals surface area contributed by atoms with Gasteiger partial charge in [0.25, 0.3) is 5.91 Å². The Bertz CT molecular complexity index is 1220. The highest BCUT2D eigenvalue weighted by molar-refractivity contribution is 6.08. The van der Waals surface area contributed by atoms with Crippen LogP contribution >= 0.6 is 0 Å². The molecule has 2 aromatic carbocycles. The second-order valence-electron chi connectivity index (χ2n) is 6.40. The molecule has 2 heterocycles. The molecule has 0 bridgehead atoms. The maximum atomic E-state index is 12.8. The summed E-state index contributed by atoms with van der Waals surface area (Å²) in [4.78, 5) is 21.3. The third kappa shape index (κ3) is 4.04. The minimum Gasteiger partial charge on any atom is -0.365 e. The van der Waals surface area contributed by atoms with E-state index in [-0.39, 0.29) is 5.91 Å². The average molecular weight is 379 g/mol. The van der Waals surface area contributed by atoms with Gasteiger partial charge in [0.1, 0.15) is 11.9 Å². The Morgan fingerprint density at radius 1 is 0.966 bits per heavy atom. The first kappa shape index (κ1) is 18.1. The summed E-state index contributed by atoms with van der Waals surface area (Å²) in [7, 11) is 0. The van der Waals surface area contributed by atoms with Crippen LogP contribution in [0.4, 0.5) is 11.5 Å². The molecule has 0 saturated heterocycles. The molecular weight excluding hydrogens is 362 g/mol. The van der Waals surface area contributed by atoms with Crippen molar-refractivity contribution in [1.82, 2.24) is 9.97 Å². The van der Waals surface area contributed by atoms with Crippen molar-refractivity contribution in [3.05, 3.63) is 95.8 Å². The van der Waals surface area contributed by atoms with E-state index < -0.39 is 0 Å². The predicted molar refractivity (Wildman–Crippen MR) is 112 cm³/mol. The molecule has 2 aromatic heterocycles. The molecule has 0 radical (unpaired) electrons. The van der Waals surface area contributed by atoms with Crippen molar-refractivity contribution >= 4 is 28.3 Å². The van der Waals surface area contributed by atoms with E-state index in [1.54, 1.807) is 30.6 Å². The largest absolute Gasteiger partial charge is 0.365 e. The standard InChI is InChI=1S/C23H17N5O/c24-14-18-7-3-12-26-22(18)27-15-16-5-1-6-17(13-16)23(29)28-21-10-2-9-20-19(21)8-4-11-25-20/h1-13H,15H2,(H,26,27)(H,28,29). The number of nitrogens with zero attached hydrogens (tertiary/aromatic N) is 3. The molecular formula is C23H17N5O. The van der Waals surface area contributed by atoms with Crippen molar-refractivity contribution in [2.45, 2.75) is 6.54 Å². The number of hydrogen-bond acceptors (Lipinski definition) is 5. The van der Waals surface area contributed by atoms with Crippen molar-refractivity contribution in [1.29, 1.82) is 5.26 Å². The fourth-order valence-corrected chi connectivity index (χ4v) is 3.05. The van der Waals surface area contributed by atoms with Gasteiger partial charge >= 0.3 is 0 Å². The van der Waals surface area contributed by atoms with Gasteiger partial charge in [-0.25, -0.2) is 4.98 Å². The van der Waals surface area contributed by atoms with Crippen molar-refractivity contribution in [3.8, 4) is 6.07 Å². The van der Waals surface area contributed by atoms with Crippen LogP contribution in [0.25, 0.3) is 10.9 Å². The first-order valence-electron chi connectivity index (χ1n) is 9.07. The zero-order chi connectivity index (χ0) is 20.1. The van der Waals surface area contributed by atoms with E-state index in [2.05, 4.69) is 26.7 Å². The number of carbonyl (C=O) groups excluding carboxylic acids is 1. The Hall–Kier alpha value is -4.24. The number of amides is 1. The van der Waals surface area contributed by atoms with E-state index in [1.165, 1.54) is 0 Å². The Kier molecular flexibility index (Phi) is 5.12. The maximum absolute atomic E-state index is 12.8. The third-order valence-corrected chi connectivity index (χ3v) is 4.47. The van der Waals surface area contributed by atoms with Crippen LogP contribution in [0.2, 0.25) is 0 Å². The van der Waals surface area contributed by atoms with Crippen LogP contribution in [0.5, 0.6) is 0 Å². The number of anilines is 2. The summed E-state index contributed by atoms with van der Waals surface area (Å²) < 4.78 is 0. The highest BCUT2D eigenvalue weighted by atomic mass is 16.1. The van der Waals surface area contributed by atoms with Crippen molar-refractivity contribution in [2.75, 3.05) is 10.6 Å². The van der Waals surface area contributed by atoms with Crippen molar-refractivity contribution in [3.63, 3.8) is 0 Å². The molecule has 1 amide bonds. The lowest BCUT2D eigenvalue weighted by Gasteiger charge is -2.10. The first-order chi connectivity index (χ1) is 14.2. The van der Waals surface area contributed by atoms with Gasteiger partial charge in [-0.1, -0.05) is 18.2 Å². The molecule has 6 heteroatoms. The highest BCUT2D eigenvalue weighted by Gasteiger charge is 2.10. The Labute approximate surface area is 167 Å². The number of nitriles is 1. The molecule has 0 atom stereocenters. The van der Waals surface area contributed by atoms with Crippen LogP contribution in [0.1, 0.15) is 21.5 Å². The zero-order valence-corrected chi connectivity index (χ0v) is 15.5. The molecule has 2 N–H and O–H groups in total. The SMILES string of the molecule is N#Cc1cccnc1NCc1cccc(C(=O)Nc2cccc3ncccc23)c1. The average Bonchev–Trinajstić information content (AvgIpc) is 2.78. The molecule has 0 aliphatic rings. The monoisotopic (exact) mass is 379 g/mol. The minimum atomic E-state index is -0.196. The lowest BCUT2D eigenvalue weighted by atomic mass is 10.1. The predicted octanol–water partition coefficient (Wildman–Crippen LogP) is 4.37. The number of carbonyl (C=O) groups is 1. The second kappa shape index (κ2) is 8.19. The summed E-state index contributed by atoms with van der Waals surface area (Å²) in [5, 5.41) is 16.2. The van der Waals surface area contributed by atoms with Gasteiger partial charge < -0.3 is 10.6 Å². The number of pyridine rings is 2. The second-order valence-corrected chi connectivity index (χ2v) is 6.40. The maximum Gasteiger partial charge on any atom is 0.255 e. The van der Waals surface area contributed by atoms with Crippen LogP contribution in [-0.2, 0) is 6.54 Å². The highest BCUT2D eigenvalue weighted by Crippen LogP contribution is 2.22. The molecule has 0 spiro atoms. The summed E-state index contributed by atoms with van der Waals surface area (Å²) in [5.74, 6) is 0.326. The van der Waals surface area contributed by atoms with E-state index in [0.29, 0.717) is 23.5 Å². The zero-order valence-electron chi connectivity index (χ0n) is 15.5. The molecule has 0 aliphatic heterocycles. The Balaban J connectivity index is 1.51. The minimum absolute atomic E-state index is 0.196. The van der Waals surface area contributed by atoms with Crippen LogP contribution in [-0.4, -0.2) is 15.9 Å². The van der Waals surface area contributed by atoms with E-state index in [1.807, 2.05) is 48.5 Å². The summed E-state index contributed by atoms with van der Waals surface area (Å²) in [5.41, 5.74) is 3.48. The van der Waals surface area contributed by atoms with Crippen molar-refractivity contribution < 1.29 is 4.79 Å². The lowest BCUT2D eigenvalue weighted by Crippen LogP contribution is -2.13. The number of benzene rings is 2. The van der Waals surface area contributed by atoms with Crippen LogP contribution < -0.4 is 10.6 Å².